The highest BCUT2D eigenvalue weighted by molar-refractivity contribution is 7.91. The fourth-order valence-corrected chi connectivity index (χ4v) is 4.28. The van der Waals surface area contributed by atoms with Gasteiger partial charge in [-0.05, 0) is 19.4 Å². The summed E-state index contributed by atoms with van der Waals surface area (Å²) in [4.78, 5) is 2.30. The fourth-order valence-electron chi connectivity index (χ4n) is 3.00. The molecule has 0 radical (unpaired) electrons. The molecule has 2 heterocycles. The molecule has 0 aromatic carbocycles. The molecule has 2 rings (SSSR count). The molecule has 6 heteroatoms. The Morgan fingerprint density at radius 3 is 2.63 bits per heavy atom. The van der Waals surface area contributed by atoms with Gasteiger partial charge in [0.15, 0.2) is 9.84 Å². The van der Waals surface area contributed by atoms with E-state index in [9.17, 15) is 8.42 Å². The summed E-state index contributed by atoms with van der Waals surface area (Å²) >= 11 is 0. The van der Waals surface area contributed by atoms with Crippen LogP contribution in [0.5, 0.6) is 0 Å². The molecule has 2 saturated heterocycles. The standard InChI is InChI=1S/C13H26N2O3S/c1-2-14-10-13(4-3-7-18-12-13)11-15-5-8-19(16,17)9-6-15/h14H,2-12H2,1H3. The van der Waals surface area contributed by atoms with Crippen molar-refractivity contribution >= 4 is 9.84 Å². The van der Waals surface area contributed by atoms with Gasteiger partial charge in [0.2, 0.25) is 0 Å². The summed E-state index contributed by atoms with van der Waals surface area (Å²) in [6.07, 6.45) is 2.28. The first kappa shape index (κ1) is 15.2. The van der Waals surface area contributed by atoms with Crippen LogP contribution in [0.3, 0.4) is 0 Å². The third-order valence-electron chi connectivity index (χ3n) is 4.15. The van der Waals surface area contributed by atoms with E-state index in [1.807, 2.05) is 0 Å². The van der Waals surface area contributed by atoms with E-state index in [0.717, 1.165) is 39.3 Å². The van der Waals surface area contributed by atoms with Crippen LogP contribution in [0.2, 0.25) is 0 Å². The first-order valence-electron chi connectivity index (χ1n) is 7.27. The summed E-state index contributed by atoms with van der Waals surface area (Å²) in [6, 6.07) is 0. The summed E-state index contributed by atoms with van der Waals surface area (Å²) in [5.41, 5.74) is 0.162. The van der Waals surface area contributed by atoms with Crippen LogP contribution in [0.25, 0.3) is 0 Å². The predicted octanol–water partition coefficient (Wildman–Crippen LogP) is 0.123. The van der Waals surface area contributed by atoms with Crippen LogP contribution in [-0.2, 0) is 14.6 Å². The summed E-state index contributed by atoms with van der Waals surface area (Å²) in [5.74, 6) is 0.621. The van der Waals surface area contributed by atoms with Crippen LogP contribution in [0.15, 0.2) is 0 Å². The molecule has 2 fully saturated rings. The molecule has 1 N–H and O–H groups in total. The summed E-state index contributed by atoms with van der Waals surface area (Å²) in [5, 5.41) is 3.44. The molecule has 1 atom stereocenters. The molecule has 0 aromatic rings. The Bertz CT molecular complexity index is 363. The van der Waals surface area contributed by atoms with E-state index < -0.39 is 9.84 Å². The second kappa shape index (κ2) is 6.52. The van der Waals surface area contributed by atoms with Crippen LogP contribution in [0, 0.1) is 5.41 Å². The van der Waals surface area contributed by atoms with Crippen molar-refractivity contribution < 1.29 is 13.2 Å². The zero-order valence-corrected chi connectivity index (χ0v) is 12.7. The van der Waals surface area contributed by atoms with Crippen LogP contribution < -0.4 is 5.32 Å². The molecule has 19 heavy (non-hydrogen) atoms. The third kappa shape index (κ3) is 4.41. The molecule has 0 bridgehead atoms. The van der Waals surface area contributed by atoms with Gasteiger partial charge in [-0.15, -0.1) is 0 Å². The van der Waals surface area contributed by atoms with Gasteiger partial charge in [-0.3, -0.25) is 0 Å². The van der Waals surface area contributed by atoms with Crippen molar-refractivity contribution in [3.05, 3.63) is 0 Å². The van der Waals surface area contributed by atoms with Gasteiger partial charge >= 0.3 is 0 Å². The zero-order chi connectivity index (χ0) is 13.8. The minimum atomic E-state index is -2.78. The first-order valence-corrected chi connectivity index (χ1v) is 9.09. The number of hydrogen-bond acceptors (Lipinski definition) is 5. The number of nitrogens with one attached hydrogen (secondary N) is 1. The van der Waals surface area contributed by atoms with Gasteiger partial charge in [-0.25, -0.2) is 8.42 Å². The Morgan fingerprint density at radius 1 is 1.32 bits per heavy atom. The molecular formula is C13H26N2O3S. The lowest BCUT2D eigenvalue weighted by Gasteiger charge is -2.42. The number of hydrogen-bond donors (Lipinski definition) is 1. The summed E-state index contributed by atoms with van der Waals surface area (Å²) in [6.45, 7) is 8.02. The van der Waals surface area contributed by atoms with E-state index >= 15 is 0 Å². The maximum atomic E-state index is 11.5. The Balaban J connectivity index is 1.92. The highest BCUT2D eigenvalue weighted by Gasteiger charge is 2.35. The minimum absolute atomic E-state index is 0.162. The third-order valence-corrected chi connectivity index (χ3v) is 5.76. The van der Waals surface area contributed by atoms with E-state index in [1.165, 1.54) is 6.42 Å². The first-order chi connectivity index (χ1) is 9.05. The van der Waals surface area contributed by atoms with Crippen LogP contribution in [-0.4, -0.2) is 70.8 Å². The molecule has 0 aromatic heterocycles. The Hall–Kier alpha value is -0.170. The summed E-state index contributed by atoms with van der Waals surface area (Å²) in [7, 11) is -2.78. The van der Waals surface area contributed by atoms with Crippen molar-refractivity contribution in [1.29, 1.82) is 0 Å². The van der Waals surface area contributed by atoms with Gasteiger partial charge in [0.1, 0.15) is 0 Å². The molecule has 0 saturated carbocycles. The maximum absolute atomic E-state index is 11.5. The highest BCUT2D eigenvalue weighted by Crippen LogP contribution is 2.29. The van der Waals surface area contributed by atoms with E-state index in [1.54, 1.807) is 0 Å². The van der Waals surface area contributed by atoms with Gasteiger partial charge in [0.05, 0.1) is 18.1 Å². The maximum Gasteiger partial charge on any atom is 0.152 e. The normalized spacial score (nSPS) is 32.3. The van der Waals surface area contributed by atoms with E-state index in [-0.39, 0.29) is 5.41 Å². The smallest absolute Gasteiger partial charge is 0.152 e. The number of rotatable bonds is 5. The quantitative estimate of drug-likeness (QED) is 0.779. The van der Waals surface area contributed by atoms with Crippen molar-refractivity contribution in [1.82, 2.24) is 10.2 Å². The molecule has 1 unspecified atom stereocenters. The molecule has 2 aliphatic rings. The average molecular weight is 290 g/mol. The Kier molecular flexibility index (Phi) is 5.22. The van der Waals surface area contributed by atoms with Crippen molar-refractivity contribution in [3.63, 3.8) is 0 Å². The molecule has 2 aliphatic heterocycles. The van der Waals surface area contributed by atoms with Crippen molar-refractivity contribution in [2.45, 2.75) is 19.8 Å². The molecule has 5 nitrogen and oxygen atoms in total. The molecular weight excluding hydrogens is 264 g/mol. The monoisotopic (exact) mass is 290 g/mol. The van der Waals surface area contributed by atoms with Gasteiger partial charge in [0.25, 0.3) is 0 Å². The fraction of sp³-hybridized carbons (Fsp3) is 1.00. The minimum Gasteiger partial charge on any atom is -0.381 e. The highest BCUT2D eigenvalue weighted by atomic mass is 32.2. The number of nitrogens with zero attached hydrogens (tertiary/aromatic N) is 1. The van der Waals surface area contributed by atoms with E-state index in [2.05, 4.69) is 17.1 Å². The lowest BCUT2D eigenvalue weighted by atomic mass is 9.81. The second-order valence-corrected chi connectivity index (χ2v) is 8.17. The topological polar surface area (TPSA) is 58.6 Å². The molecule has 0 amide bonds. The average Bonchev–Trinajstić information content (AvgIpc) is 2.40. The molecule has 0 spiro atoms. The second-order valence-electron chi connectivity index (χ2n) is 5.86. The lowest BCUT2D eigenvalue weighted by molar-refractivity contribution is -0.0248. The Morgan fingerprint density at radius 2 is 2.05 bits per heavy atom. The lowest BCUT2D eigenvalue weighted by Crippen LogP contribution is -2.52. The van der Waals surface area contributed by atoms with Crippen LogP contribution in [0.1, 0.15) is 19.8 Å². The number of sulfone groups is 1. The van der Waals surface area contributed by atoms with Crippen molar-refractivity contribution in [2.75, 3.05) is 57.4 Å². The van der Waals surface area contributed by atoms with Crippen molar-refractivity contribution in [2.24, 2.45) is 5.41 Å². The van der Waals surface area contributed by atoms with E-state index in [0.29, 0.717) is 24.6 Å². The van der Waals surface area contributed by atoms with E-state index in [4.69, 9.17) is 4.74 Å². The largest absolute Gasteiger partial charge is 0.381 e. The van der Waals surface area contributed by atoms with Gasteiger partial charge in [-0.2, -0.15) is 0 Å². The predicted molar refractivity (Wildman–Crippen MR) is 76.1 cm³/mol. The SMILES string of the molecule is CCNCC1(CN2CCS(=O)(=O)CC2)CCCOC1. The number of ether oxygens (including phenoxy) is 1. The van der Waals surface area contributed by atoms with Crippen LogP contribution >= 0.6 is 0 Å². The molecule has 0 aliphatic carbocycles. The van der Waals surface area contributed by atoms with Gasteiger partial charge in [-0.1, -0.05) is 6.92 Å². The Labute approximate surface area is 116 Å². The van der Waals surface area contributed by atoms with Gasteiger partial charge < -0.3 is 15.0 Å². The summed E-state index contributed by atoms with van der Waals surface area (Å²) < 4.78 is 28.6. The van der Waals surface area contributed by atoms with Gasteiger partial charge in [0, 0.05) is 38.2 Å². The van der Waals surface area contributed by atoms with Crippen LogP contribution in [0.4, 0.5) is 0 Å². The van der Waals surface area contributed by atoms with Crippen molar-refractivity contribution in [3.8, 4) is 0 Å². The zero-order valence-electron chi connectivity index (χ0n) is 11.9. The molecule has 112 valence electrons.